The van der Waals surface area contributed by atoms with Gasteiger partial charge in [-0.15, -0.1) is 5.10 Å². The highest BCUT2D eigenvalue weighted by Crippen LogP contribution is 2.21. The smallest absolute Gasteiger partial charge is 0.183 e. The summed E-state index contributed by atoms with van der Waals surface area (Å²) in [5, 5.41) is 8.70. The third-order valence-corrected chi connectivity index (χ3v) is 2.61. The van der Waals surface area contributed by atoms with Gasteiger partial charge in [0.25, 0.3) is 0 Å². The van der Waals surface area contributed by atoms with Crippen LogP contribution in [0.3, 0.4) is 0 Å². The minimum Gasteiger partial charge on any atom is -0.235 e. The Labute approximate surface area is 96.5 Å². The van der Waals surface area contributed by atoms with Gasteiger partial charge in [0.1, 0.15) is 5.52 Å². The second-order valence-electron chi connectivity index (χ2n) is 3.30. The zero-order chi connectivity index (χ0) is 11.0. The van der Waals surface area contributed by atoms with Crippen LogP contribution in [0.15, 0.2) is 42.6 Å². The van der Waals surface area contributed by atoms with Crippen molar-refractivity contribution in [3.05, 3.63) is 47.6 Å². The molecule has 2 heterocycles. The molecule has 5 heteroatoms. The molecule has 0 N–H and O–H groups in total. The summed E-state index contributed by atoms with van der Waals surface area (Å²) in [4.78, 5) is 4.24. The molecule has 2 aromatic heterocycles. The Balaban J connectivity index is 2.31. The van der Waals surface area contributed by atoms with Gasteiger partial charge < -0.3 is 0 Å². The fourth-order valence-electron chi connectivity index (χ4n) is 1.55. The van der Waals surface area contributed by atoms with E-state index in [-0.39, 0.29) is 0 Å². The molecule has 0 saturated carbocycles. The van der Waals surface area contributed by atoms with Gasteiger partial charge in [0.2, 0.25) is 0 Å². The van der Waals surface area contributed by atoms with Crippen LogP contribution in [0.4, 0.5) is 0 Å². The minimum atomic E-state index is 0.625. The van der Waals surface area contributed by atoms with Crippen molar-refractivity contribution in [2.24, 2.45) is 0 Å². The second-order valence-corrected chi connectivity index (χ2v) is 3.71. The van der Waals surface area contributed by atoms with Crippen LogP contribution >= 0.6 is 11.6 Å². The first-order chi connectivity index (χ1) is 7.86. The van der Waals surface area contributed by atoms with Gasteiger partial charge in [-0.3, -0.25) is 0 Å². The summed E-state index contributed by atoms with van der Waals surface area (Å²) in [6.07, 6.45) is 1.71. The topological polar surface area (TPSA) is 43.6 Å². The average Bonchev–Trinajstić information content (AvgIpc) is 2.74. The summed E-state index contributed by atoms with van der Waals surface area (Å²) < 4.78 is 1.64. The molecule has 0 aliphatic rings. The molecule has 1 aromatic carbocycles. The standard InChI is InChI=1S/C11H7ClN4/c12-8-4-1-2-6-10(8)16-11-9(14-15-16)5-3-7-13-11/h1-7H. The van der Waals surface area contributed by atoms with Crippen LogP contribution in [0.1, 0.15) is 0 Å². The van der Waals surface area contributed by atoms with Crippen LogP contribution in [0.5, 0.6) is 0 Å². The number of halogens is 1. The summed E-state index contributed by atoms with van der Waals surface area (Å²) in [6, 6.07) is 11.2. The predicted molar refractivity (Wildman–Crippen MR) is 61.7 cm³/mol. The van der Waals surface area contributed by atoms with Gasteiger partial charge in [0, 0.05) is 6.20 Å². The molecule has 16 heavy (non-hydrogen) atoms. The predicted octanol–water partition coefficient (Wildman–Crippen LogP) is 2.47. The molecule has 4 nitrogen and oxygen atoms in total. The number of hydrogen-bond donors (Lipinski definition) is 0. The van der Waals surface area contributed by atoms with E-state index in [2.05, 4.69) is 15.3 Å². The van der Waals surface area contributed by atoms with E-state index in [9.17, 15) is 0 Å². The zero-order valence-electron chi connectivity index (χ0n) is 8.21. The number of para-hydroxylation sites is 1. The molecular weight excluding hydrogens is 224 g/mol. The van der Waals surface area contributed by atoms with Crippen LogP contribution in [0, 0.1) is 0 Å². The van der Waals surface area contributed by atoms with E-state index in [1.54, 1.807) is 10.9 Å². The number of pyridine rings is 1. The highest BCUT2D eigenvalue weighted by atomic mass is 35.5. The maximum Gasteiger partial charge on any atom is 0.183 e. The lowest BCUT2D eigenvalue weighted by molar-refractivity contribution is 0.817. The first kappa shape index (κ1) is 9.30. The van der Waals surface area contributed by atoms with Crippen molar-refractivity contribution in [2.75, 3.05) is 0 Å². The van der Waals surface area contributed by atoms with E-state index in [0.29, 0.717) is 10.7 Å². The maximum atomic E-state index is 6.10. The quantitative estimate of drug-likeness (QED) is 0.645. The van der Waals surface area contributed by atoms with Gasteiger partial charge >= 0.3 is 0 Å². The van der Waals surface area contributed by atoms with Gasteiger partial charge in [0.15, 0.2) is 5.65 Å². The van der Waals surface area contributed by atoms with Crippen molar-refractivity contribution in [2.45, 2.75) is 0 Å². The number of nitrogens with zero attached hydrogens (tertiary/aromatic N) is 4. The molecule has 0 aliphatic carbocycles. The number of benzene rings is 1. The van der Waals surface area contributed by atoms with E-state index in [1.807, 2.05) is 36.4 Å². The van der Waals surface area contributed by atoms with Gasteiger partial charge in [-0.25, -0.2) is 4.98 Å². The van der Waals surface area contributed by atoms with Crippen molar-refractivity contribution < 1.29 is 0 Å². The normalized spacial score (nSPS) is 10.8. The summed E-state index contributed by atoms with van der Waals surface area (Å²) in [7, 11) is 0. The Kier molecular flexibility index (Phi) is 2.08. The molecule has 78 valence electrons. The van der Waals surface area contributed by atoms with Crippen LogP contribution < -0.4 is 0 Å². The lowest BCUT2D eigenvalue weighted by Crippen LogP contribution is -1.98. The lowest BCUT2D eigenvalue weighted by atomic mass is 10.3. The van der Waals surface area contributed by atoms with Crippen molar-refractivity contribution in [1.29, 1.82) is 0 Å². The Morgan fingerprint density at radius 2 is 1.94 bits per heavy atom. The van der Waals surface area contributed by atoms with Crippen LogP contribution in [-0.2, 0) is 0 Å². The van der Waals surface area contributed by atoms with E-state index >= 15 is 0 Å². The second kappa shape index (κ2) is 3.57. The van der Waals surface area contributed by atoms with E-state index in [0.717, 1.165) is 11.2 Å². The number of aromatic nitrogens is 4. The molecule has 0 spiro atoms. The average molecular weight is 231 g/mol. The van der Waals surface area contributed by atoms with Crippen LogP contribution in [0.25, 0.3) is 16.9 Å². The summed E-state index contributed by atoms with van der Waals surface area (Å²) in [6.45, 7) is 0. The molecule has 0 atom stereocenters. The SMILES string of the molecule is Clc1ccccc1-n1nnc2cccnc21. The Morgan fingerprint density at radius 3 is 2.81 bits per heavy atom. The van der Waals surface area contributed by atoms with Gasteiger partial charge in [0.05, 0.1) is 10.7 Å². The van der Waals surface area contributed by atoms with Crippen LogP contribution in [0.2, 0.25) is 5.02 Å². The lowest BCUT2D eigenvalue weighted by Gasteiger charge is -2.02. The molecule has 3 rings (SSSR count). The van der Waals surface area contributed by atoms with E-state index < -0.39 is 0 Å². The highest BCUT2D eigenvalue weighted by molar-refractivity contribution is 6.32. The van der Waals surface area contributed by atoms with Gasteiger partial charge in [-0.2, -0.15) is 4.68 Å². The third kappa shape index (κ3) is 1.35. The molecule has 0 fully saturated rings. The summed E-state index contributed by atoms with van der Waals surface area (Å²) in [5.41, 5.74) is 2.24. The fraction of sp³-hybridized carbons (Fsp3) is 0. The van der Waals surface area contributed by atoms with Gasteiger partial charge in [-0.05, 0) is 24.3 Å². The number of hydrogen-bond acceptors (Lipinski definition) is 3. The highest BCUT2D eigenvalue weighted by Gasteiger charge is 2.09. The van der Waals surface area contributed by atoms with Crippen molar-refractivity contribution in [3.63, 3.8) is 0 Å². The van der Waals surface area contributed by atoms with Crippen LogP contribution in [-0.4, -0.2) is 20.0 Å². The molecular formula is C11H7ClN4. The molecule has 0 saturated heterocycles. The Morgan fingerprint density at radius 1 is 1.06 bits per heavy atom. The fourth-order valence-corrected chi connectivity index (χ4v) is 1.77. The Hall–Kier alpha value is -1.94. The molecule has 0 unspecified atom stereocenters. The van der Waals surface area contributed by atoms with Crippen molar-refractivity contribution in [1.82, 2.24) is 20.0 Å². The number of fused-ring (bicyclic) bond motifs is 1. The molecule has 0 amide bonds. The molecule has 0 bridgehead atoms. The van der Waals surface area contributed by atoms with Crippen molar-refractivity contribution in [3.8, 4) is 5.69 Å². The summed E-state index contributed by atoms with van der Waals surface area (Å²) >= 11 is 6.10. The minimum absolute atomic E-state index is 0.625. The Bertz CT molecular complexity index is 647. The van der Waals surface area contributed by atoms with Crippen molar-refractivity contribution >= 4 is 22.8 Å². The molecule has 0 radical (unpaired) electrons. The first-order valence-electron chi connectivity index (χ1n) is 4.77. The largest absolute Gasteiger partial charge is 0.235 e. The zero-order valence-corrected chi connectivity index (χ0v) is 8.96. The number of rotatable bonds is 1. The molecule has 0 aliphatic heterocycles. The molecule has 3 aromatic rings. The third-order valence-electron chi connectivity index (χ3n) is 2.29. The first-order valence-corrected chi connectivity index (χ1v) is 5.15. The van der Waals surface area contributed by atoms with Gasteiger partial charge in [-0.1, -0.05) is 28.9 Å². The van der Waals surface area contributed by atoms with E-state index in [1.165, 1.54) is 0 Å². The monoisotopic (exact) mass is 230 g/mol. The summed E-state index contributed by atoms with van der Waals surface area (Å²) in [5.74, 6) is 0. The maximum absolute atomic E-state index is 6.10. The van der Waals surface area contributed by atoms with E-state index in [4.69, 9.17) is 11.6 Å².